The van der Waals surface area contributed by atoms with E-state index in [1.807, 2.05) is 30.3 Å². The summed E-state index contributed by atoms with van der Waals surface area (Å²) in [5, 5.41) is 13.6. The molecule has 1 aromatic heterocycles. The lowest BCUT2D eigenvalue weighted by atomic mass is 10.0. The summed E-state index contributed by atoms with van der Waals surface area (Å²) < 4.78 is 10.6. The molecule has 1 unspecified atom stereocenters. The van der Waals surface area contributed by atoms with E-state index in [0.29, 0.717) is 27.8 Å². The molecule has 1 heterocycles. The first-order valence-corrected chi connectivity index (χ1v) is 8.96. The molecule has 0 radical (unpaired) electrons. The molecule has 3 aromatic rings. The second-order valence-electron chi connectivity index (χ2n) is 6.29. The molecule has 1 atom stereocenters. The fraction of sp³-hybridized carbons (Fsp3) is 0.190. The van der Waals surface area contributed by atoms with Crippen molar-refractivity contribution in [2.75, 3.05) is 6.54 Å². The van der Waals surface area contributed by atoms with E-state index in [9.17, 15) is 14.7 Å². The number of esters is 1. The minimum absolute atomic E-state index is 0.0327. The fourth-order valence-electron chi connectivity index (χ4n) is 2.79. The average Bonchev–Trinajstić information content (AvgIpc) is 2.71. The number of rotatable bonds is 7. The number of nitrogens with one attached hydrogen (secondary N) is 1. The molecule has 8 nitrogen and oxygen atoms in total. The Morgan fingerprint density at radius 2 is 1.93 bits per heavy atom. The minimum atomic E-state index is -0.765. The Bertz CT molecular complexity index is 1020. The lowest BCUT2D eigenvalue weighted by molar-refractivity contribution is -0.146. The first-order valence-electron chi connectivity index (χ1n) is 8.96. The number of aliphatic hydroxyl groups is 1. The number of benzene rings is 2. The first-order chi connectivity index (χ1) is 14.0. The van der Waals surface area contributed by atoms with Crippen molar-refractivity contribution in [2.45, 2.75) is 19.8 Å². The van der Waals surface area contributed by atoms with Gasteiger partial charge in [0.15, 0.2) is 0 Å². The molecule has 0 saturated carbocycles. The van der Waals surface area contributed by atoms with Crippen molar-refractivity contribution in [3.05, 3.63) is 66.0 Å². The number of hydrogen-bond acceptors (Lipinski definition) is 7. The van der Waals surface area contributed by atoms with Gasteiger partial charge in [-0.1, -0.05) is 24.3 Å². The fourth-order valence-corrected chi connectivity index (χ4v) is 2.79. The van der Waals surface area contributed by atoms with E-state index in [2.05, 4.69) is 10.3 Å². The van der Waals surface area contributed by atoms with E-state index in [1.165, 1.54) is 13.1 Å². The van der Waals surface area contributed by atoms with Gasteiger partial charge in [0.25, 0.3) is 5.91 Å². The Morgan fingerprint density at radius 3 is 2.62 bits per heavy atom. The molecule has 0 spiro atoms. The van der Waals surface area contributed by atoms with Crippen molar-refractivity contribution in [2.24, 2.45) is 5.73 Å². The van der Waals surface area contributed by atoms with Crippen LogP contribution in [0.1, 0.15) is 23.0 Å². The van der Waals surface area contributed by atoms with E-state index in [-0.39, 0.29) is 12.2 Å². The van der Waals surface area contributed by atoms with Gasteiger partial charge in [-0.3, -0.25) is 20.3 Å². The largest absolute Gasteiger partial charge is 0.457 e. The topological polar surface area (TPSA) is 124 Å². The number of fused-ring (bicyclic) bond motifs is 1. The summed E-state index contributed by atoms with van der Waals surface area (Å²) in [6.45, 7) is 0.759. The monoisotopic (exact) mass is 395 g/mol. The number of amides is 1. The van der Waals surface area contributed by atoms with Crippen LogP contribution in [0.4, 0.5) is 0 Å². The van der Waals surface area contributed by atoms with Crippen LogP contribution in [0.25, 0.3) is 10.8 Å². The van der Waals surface area contributed by atoms with E-state index >= 15 is 0 Å². The minimum Gasteiger partial charge on any atom is -0.457 e. The number of nitrogens with zero attached hydrogens (tertiary/aromatic N) is 1. The zero-order valence-electron chi connectivity index (χ0n) is 15.8. The van der Waals surface area contributed by atoms with Crippen molar-refractivity contribution in [1.29, 1.82) is 0 Å². The van der Waals surface area contributed by atoms with Crippen LogP contribution in [0.5, 0.6) is 11.5 Å². The lowest BCUT2D eigenvalue weighted by Gasteiger charge is -2.12. The van der Waals surface area contributed by atoms with Crippen LogP contribution < -0.4 is 15.8 Å². The number of ether oxygens (including phenoxy) is 2. The molecule has 0 aliphatic carbocycles. The van der Waals surface area contributed by atoms with E-state index < -0.39 is 24.7 Å². The molecule has 1 amide bonds. The number of para-hydroxylation sites is 1. The maximum absolute atomic E-state index is 12.4. The third kappa shape index (κ3) is 5.07. The van der Waals surface area contributed by atoms with Gasteiger partial charge in [-0.05, 0) is 36.6 Å². The average molecular weight is 395 g/mol. The lowest BCUT2D eigenvalue weighted by Crippen LogP contribution is -2.34. The maximum Gasteiger partial charge on any atom is 0.326 e. The van der Waals surface area contributed by atoms with Gasteiger partial charge in [-0.15, -0.1) is 0 Å². The summed E-state index contributed by atoms with van der Waals surface area (Å²) in [6, 6.07) is 14.6. The van der Waals surface area contributed by atoms with Gasteiger partial charge >= 0.3 is 5.97 Å². The Labute approximate surface area is 167 Å². The quantitative estimate of drug-likeness (QED) is 0.413. The van der Waals surface area contributed by atoms with Crippen molar-refractivity contribution >= 4 is 22.6 Å². The SMILES string of the molecule is CC(N)OC(=O)CNC(=O)c1ncc2cc(Oc3ccccc3)ccc2c1CO. The molecule has 0 aliphatic rings. The van der Waals surface area contributed by atoms with Gasteiger partial charge in [0.2, 0.25) is 0 Å². The highest BCUT2D eigenvalue weighted by atomic mass is 16.6. The summed E-state index contributed by atoms with van der Waals surface area (Å²) in [5.74, 6) is 0.0340. The normalized spacial score (nSPS) is 11.7. The van der Waals surface area contributed by atoms with Gasteiger partial charge < -0.3 is 19.9 Å². The number of carbonyl (C=O) groups is 2. The molecule has 4 N–H and O–H groups in total. The smallest absolute Gasteiger partial charge is 0.326 e. The predicted octanol–water partition coefficient (Wildman–Crippen LogP) is 2.10. The van der Waals surface area contributed by atoms with Crippen molar-refractivity contribution in [1.82, 2.24) is 10.3 Å². The Balaban J connectivity index is 1.81. The Morgan fingerprint density at radius 1 is 1.17 bits per heavy atom. The van der Waals surface area contributed by atoms with E-state index in [0.717, 1.165) is 0 Å². The van der Waals surface area contributed by atoms with Crippen molar-refractivity contribution < 1.29 is 24.2 Å². The van der Waals surface area contributed by atoms with Crippen LogP contribution >= 0.6 is 0 Å². The van der Waals surface area contributed by atoms with E-state index in [4.69, 9.17) is 15.2 Å². The van der Waals surface area contributed by atoms with E-state index in [1.54, 1.807) is 18.2 Å². The van der Waals surface area contributed by atoms with Gasteiger partial charge in [-0.2, -0.15) is 0 Å². The standard InChI is InChI=1S/C21H21N3O5/c1-13(22)28-19(26)11-24-21(27)20-18(12-25)17-8-7-16(9-14(17)10-23-20)29-15-5-3-2-4-6-15/h2-10,13,25H,11-12,22H2,1H3,(H,24,27). The van der Waals surface area contributed by atoms with Crippen LogP contribution in [0.3, 0.4) is 0 Å². The highest BCUT2D eigenvalue weighted by Gasteiger charge is 2.17. The number of aromatic nitrogens is 1. The number of nitrogens with two attached hydrogens (primary N) is 1. The van der Waals surface area contributed by atoms with Gasteiger partial charge in [-0.25, -0.2) is 0 Å². The van der Waals surface area contributed by atoms with Crippen LogP contribution in [0.15, 0.2) is 54.7 Å². The summed E-state index contributed by atoms with van der Waals surface area (Å²) in [7, 11) is 0. The second-order valence-corrected chi connectivity index (χ2v) is 6.29. The zero-order chi connectivity index (χ0) is 20.8. The molecular weight excluding hydrogens is 374 g/mol. The Kier molecular flexibility index (Phi) is 6.38. The maximum atomic E-state index is 12.4. The number of hydrogen-bond donors (Lipinski definition) is 3. The number of pyridine rings is 1. The number of aliphatic hydroxyl groups excluding tert-OH is 1. The van der Waals surface area contributed by atoms with Crippen LogP contribution in [-0.4, -0.2) is 34.7 Å². The molecule has 150 valence electrons. The molecule has 3 rings (SSSR count). The molecule has 0 aliphatic heterocycles. The highest BCUT2D eigenvalue weighted by molar-refractivity contribution is 6.00. The summed E-state index contributed by atoms with van der Waals surface area (Å²) in [5.41, 5.74) is 5.75. The van der Waals surface area contributed by atoms with Gasteiger partial charge in [0.1, 0.15) is 30.0 Å². The Hall–Kier alpha value is -3.49. The van der Waals surface area contributed by atoms with Crippen LogP contribution in [0, 0.1) is 0 Å². The zero-order valence-corrected chi connectivity index (χ0v) is 15.8. The third-order valence-corrected chi connectivity index (χ3v) is 4.03. The third-order valence-electron chi connectivity index (χ3n) is 4.03. The molecule has 8 heteroatoms. The van der Waals surface area contributed by atoms with Crippen molar-refractivity contribution in [3.63, 3.8) is 0 Å². The molecular formula is C21H21N3O5. The summed E-state index contributed by atoms with van der Waals surface area (Å²) in [4.78, 5) is 28.1. The molecule has 0 fully saturated rings. The number of carbonyl (C=O) groups excluding carboxylic acids is 2. The summed E-state index contributed by atoms with van der Waals surface area (Å²) in [6.07, 6.45) is 0.750. The van der Waals surface area contributed by atoms with Gasteiger partial charge in [0, 0.05) is 17.1 Å². The van der Waals surface area contributed by atoms with Crippen molar-refractivity contribution in [3.8, 4) is 11.5 Å². The molecule has 2 aromatic carbocycles. The molecule has 0 saturated heterocycles. The van der Waals surface area contributed by atoms with Gasteiger partial charge in [0.05, 0.1) is 6.61 Å². The van der Waals surface area contributed by atoms with Crippen LogP contribution in [-0.2, 0) is 16.1 Å². The predicted molar refractivity (Wildman–Crippen MR) is 106 cm³/mol. The molecule has 29 heavy (non-hydrogen) atoms. The second kappa shape index (κ2) is 9.13. The molecule has 0 bridgehead atoms. The summed E-state index contributed by atoms with van der Waals surface area (Å²) >= 11 is 0. The highest BCUT2D eigenvalue weighted by Crippen LogP contribution is 2.28. The first kappa shape index (κ1) is 20.2. The van der Waals surface area contributed by atoms with Crippen LogP contribution in [0.2, 0.25) is 0 Å².